The van der Waals surface area contributed by atoms with Crippen molar-refractivity contribution in [3.05, 3.63) is 28.8 Å². The maximum atomic E-state index is 12.7. The smallest absolute Gasteiger partial charge is 0.245 e. The molecule has 0 aliphatic carbocycles. The molecule has 3 fully saturated rings. The summed E-state index contributed by atoms with van der Waals surface area (Å²) in [5.41, 5.74) is 0.994. The van der Waals surface area contributed by atoms with E-state index in [1.54, 1.807) is 12.0 Å². The summed E-state index contributed by atoms with van der Waals surface area (Å²) in [4.78, 5) is 29.5. The maximum absolute atomic E-state index is 12.7. The minimum absolute atomic E-state index is 0.000175. The Morgan fingerprint density at radius 1 is 1.22 bits per heavy atom. The summed E-state index contributed by atoms with van der Waals surface area (Å²) < 4.78 is 17.0. The summed E-state index contributed by atoms with van der Waals surface area (Å²) >= 11 is 1.40. The van der Waals surface area contributed by atoms with Crippen LogP contribution in [0.1, 0.15) is 48.6 Å². The standard InChI is InChI=1S/C26H35N5O5S/c1-34-21-6-5-18(13-22(21)36-20-8-12-35-17-20)19-14-25(33)31(15-19)16-23(32)27-26-29-28-24(37-26)7-11-30-9-3-2-4-10-30/h5-6,13,19-20H,2-4,7-12,14-17H2,1H3,(H,27,29,32)/t19?,20-/m1/s1. The molecule has 3 aliphatic rings. The van der Waals surface area contributed by atoms with E-state index >= 15 is 0 Å². The number of amides is 2. The molecule has 3 saturated heterocycles. The van der Waals surface area contributed by atoms with Gasteiger partial charge in [0.05, 0.1) is 26.9 Å². The van der Waals surface area contributed by atoms with E-state index in [1.807, 2.05) is 18.2 Å². The summed E-state index contributed by atoms with van der Waals surface area (Å²) in [6.45, 7) is 4.99. The highest BCUT2D eigenvalue weighted by molar-refractivity contribution is 7.15. The fourth-order valence-electron chi connectivity index (χ4n) is 5.15. The van der Waals surface area contributed by atoms with Gasteiger partial charge in [-0.05, 0) is 43.6 Å². The van der Waals surface area contributed by atoms with Gasteiger partial charge < -0.3 is 24.0 Å². The Bertz CT molecular complexity index is 1080. The minimum atomic E-state index is -0.257. The lowest BCUT2D eigenvalue weighted by molar-refractivity contribution is -0.131. The second kappa shape index (κ2) is 12.2. The van der Waals surface area contributed by atoms with Crippen molar-refractivity contribution < 1.29 is 23.8 Å². The molecule has 2 amide bonds. The number of hydrogen-bond acceptors (Lipinski definition) is 9. The largest absolute Gasteiger partial charge is 0.493 e. The van der Waals surface area contributed by atoms with Crippen molar-refractivity contribution in [2.45, 2.75) is 50.5 Å². The number of carbonyl (C=O) groups is 2. The van der Waals surface area contributed by atoms with Crippen LogP contribution in [0, 0.1) is 0 Å². The lowest BCUT2D eigenvalue weighted by atomic mass is 9.98. The average Bonchev–Trinajstić information content (AvgIpc) is 3.66. The number of methoxy groups -OCH3 is 1. The molecule has 2 atom stereocenters. The average molecular weight is 530 g/mol. The van der Waals surface area contributed by atoms with Crippen LogP contribution in [-0.4, -0.2) is 91.0 Å². The van der Waals surface area contributed by atoms with Crippen LogP contribution in [0.15, 0.2) is 18.2 Å². The molecule has 2 aromatic rings. The fourth-order valence-corrected chi connectivity index (χ4v) is 5.89. The first-order valence-electron chi connectivity index (χ1n) is 13.1. The SMILES string of the molecule is COc1ccc(C2CC(=O)N(CC(=O)Nc3nnc(CCN4CCCCC4)s3)C2)cc1O[C@@H]1CCOC1. The van der Waals surface area contributed by atoms with Gasteiger partial charge in [-0.25, -0.2) is 0 Å². The molecule has 1 unspecified atom stereocenters. The molecule has 1 aromatic heterocycles. The Hall–Kier alpha value is -2.76. The molecule has 11 heteroatoms. The molecule has 4 heterocycles. The quantitative estimate of drug-likeness (QED) is 0.501. The number of nitrogens with zero attached hydrogens (tertiary/aromatic N) is 4. The van der Waals surface area contributed by atoms with E-state index < -0.39 is 0 Å². The Morgan fingerprint density at radius 3 is 2.86 bits per heavy atom. The molecule has 37 heavy (non-hydrogen) atoms. The van der Waals surface area contributed by atoms with Gasteiger partial charge in [-0.3, -0.25) is 14.9 Å². The normalized spacial score (nSPS) is 22.4. The predicted molar refractivity (Wildman–Crippen MR) is 139 cm³/mol. The van der Waals surface area contributed by atoms with Crippen molar-refractivity contribution in [1.82, 2.24) is 20.0 Å². The highest BCUT2D eigenvalue weighted by Crippen LogP contribution is 2.36. The Morgan fingerprint density at radius 2 is 2.08 bits per heavy atom. The van der Waals surface area contributed by atoms with E-state index in [0.717, 1.165) is 43.0 Å². The van der Waals surface area contributed by atoms with Crippen LogP contribution >= 0.6 is 11.3 Å². The highest BCUT2D eigenvalue weighted by atomic mass is 32.1. The molecule has 0 radical (unpaired) electrons. The maximum Gasteiger partial charge on any atom is 0.245 e. The molecular formula is C26H35N5O5S. The molecule has 0 saturated carbocycles. The van der Waals surface area contributed by atoms with E-state index in [9.17, 15) is 9.59 Å². The molecule has 10 nitrogen and oxygen atoms in total. The topological polar surface area (TPSA) is 106 Å². The fraction of sp³-hybridized carbons (Fsp3) is 0.615. The third-order valence-electron chi connectivity index (χ3n) is 7.19. The van der Waals surface area contributed by atoms with Gasteiger partial charge in [0.2, 0.25) is 16.9 Å². The molecular weight excluding hydrogens is 494 g/mol. The van der Waals surface area contributed by atoms with Crippen molar-refractivity contribution in [2.24, 2.45) is 0 Å². The van der Waals surface area contributed by atoms with Gasteiger partial charge in [0.1, 0.15) is 11.1 Å². The number of likely N-dealkylation sites (tertiary alicyclic amines) is 2. The van der Waals surface area contributed by atoms with Gasteiger partial charge in [0.25, 0.3) is 0 Å². The second-order valence-electron chi connectivity index (χ2n) is 9.89. The van der Waals surface area contributed by atoms with Gasteiger partial charge in [0.15, 0.2) is 11.5 Å². The number of aromatic nitrogens is 2. The molecule has 1 N–H and O–H groups in total. The lowest BCUT2D eigenvalue weighted by Gasteiger charge is -2.25. The highest BCUT2D eigenvalue weighted by Gasteiger charge is 2.32. The summed E-state index contributed by atoms with van der Waals surface area (Å²) in [5, 5.41) is 12.6. The van der Waals surface area contributed by atoms with E-state index in [-0.39, 0.29) is 30.4 Å². The first-order chi connectivity index (χ1) is 18.1. The van der Waals surface area contributed by atoms with Crippen LogP contribution in [0.4, 0.5) is 5.13 Å². The van der Waals surface area contributed by atoms with Crippen molar-refractivity contribution in [3.63, 3.8) is 0 Å². The first-order valence-corrected chi connectivity index (χ1v) is 13.9. The zero-order valence-corrected chi connectivity index (χ0v) is 22.1. The van der Waals surface area contributed by atoms with E-state index in [1.165, 1.54) is 30.6 Å². The second-order valence-corrected chi connectivity index (χ2v) is 11.0. The Balaban J connectivity index is 1.13. The summed E-state index contributed by atoms with van der Waals surface area (Å²) in [5.74, 6) is 1.00. The summed E-state index contributed by atoms with van der Waals surface area (Å²) in [7, 11) is 1.61. The van der Waals surface area contributed by atoms with Crippen LogP contribution in [0.2, 0.25) is 0 Å². The number of anilines is 1. The first kappa shape index (κ1) is 25.9. The predicted octanol–water partition coefficient (Wildman–Crippen LogP) is 2.70. The van der Waals surface area contributed by atoms with Gasteiger partial charge in [-0.1, -0.05) is 23.8 Å². The molecule has 200 valence electrons. The number of benzene rings is 1. The van der Waals surface area contributed by atoms with E-state index in [4.69, 9.17) is 14.2 Å². The van der Waals surface area contributed by atoms with Gasteiger partial charge in [-0.15, -0.1) is 10.2 Å². The third kappa shape index (κ3) is 6.77. The Labute approximate surface area is 221 Å². The monoisotopic (exact) mass is 529 g/mol. The summed E-state index contributed by atoms with van der Waals surface area (Å²) in [6, 6.07) is 5.79. The lowest BCUT2D eigenvalue weighted by Crippen LogP contribution is -2.34. The number of rotatable bonds is 10. The zero-order valence-electron chi connectivity index (χ0n) is 21.3. The number of ether oxygens (including phenoxy) is 3. The Kier molecular flexibility index (Phi) is 8.52. The van der Waals surface area contributed by atoms with Gasteiger partial charge >= 0.3 is 0 Å². The number of carbonyl (C=O) groups excluding carboxylic acids is 2. The van der Waals surface area contributed by atoms with Crippen molar-refractivity contribution in [2.75, 3.05) is 58.4 Å². The molecule has 0 bridgehead atoms. The van der Waals surface area contributed by atoms with Crippen molar-refractivity contribution in [1.29, 1.82) is 0 Å². The molecule has 1 aromatic carbocycles. The molecule has 3 aliphatic heterocycles. The van der Waals surface area contributed by atoms with Crippen LogP contribution in [0.3, 0.4) is 0 Å². The van der Waals surface area contributed by atoms with Crippen LogP contribution < -0.4 is 14.8 Å². The van der Waals surface area contributed by atoms with Crippen LogP contribution in [0.25, 0.3) is 0 Å². The number of nitrogens with one attached hydrogen (secondary N) is 1. The molecule has 0 spiro atoms. The van der Waals surface area contributed by atoms with Crippen LogP contribution in [0.5, 0.6) is 11.5 Å². The zero-order chi connectivity index (χ0) is 25.6. The molecule has 5 rings (SSSR count). The van der Waals surface area contributed by atoms with Crippen LogP contribution in [-0.2, 0) is 20.7 Å². The van der Waals surface area contributed by atoms with E-state index in [2.05, 4.69) is 20.4 Å². The summed E-state index contributed by atoms with van der Waals surface area (Å²) in [6.07, 6.45) is 5.87. The van der Waals surface area contributed by atoms with Gasteiger partial charge in [-0.2, -0.15) is 0 Å². The third-order valence-corrected chi connectivity index (χ3v) is 8.09. The minimum Gasteiger partial charge on any atom is -0.493 e. The van der Waals surface area contributed by atoms with Crippen molar-refractivity contribution in [3.8, 4) is 11.5 Å². The number of hydrogen-bond donors (Lipinski definition) is 1. The van der Waals surface area contributed by atoms with Crippen molar-refractivity contribution >= 4 is 28.3 Å². The number of piperidine rings is 1. The van der Waals surface area contributed by atoms with E-state index in [0.29, 0.717) is 42.8 Å². The van der Waals surface area contributed by atoms with Gasteiger partial charge in [0, 0.05) is 38.3 Å².